The summed E-state index contributed by atoms with van der Waals surface area (Å²) in [5.74, 6) is 0.629. The Morgan fingerprint density at radius 3 is 2.14 bits per heavy atom. The minimum atomic E-state index is 0.249. The Balaban J connectivity index is 1.27. The van der Waals surface area contributed by atoms with Crippen molar-refractivity contribution in [2.75, 3.05) is 0 Å². The van der Waals surface area contributed by atoms with Crippen molar-refractivity contribution in [3.63, 3.8) is 0 Å². The van der Waals surface area contributed by atoms with Crippen molar-refractivity contribution >= 4 is 66.8 Å². The first-order chi connectivity index (χ1) is 21.8. The monoisotopic (exact) mass is 587 g/mol. The van der Waals surface area contributed by atoms with Gasteiger partial charge in [0.1, 0.15) is 11.2 Å². The molecule has 0 spiro atoms. The van der Waals surface area contributed by atoms with Gasteiger partial charge in [0.25, 0.3) is 0 Å². The van der Waals surface area contributed by atoms with Crippen molar-refractivity contribution in [2.24, 2.45) is 0 Å². The third kappa shape index (κ3) is 3.78. The maximum absolute atomic E-state index is 13.8. The Bertz CT molecular complexity index is 2550. The van der Waals surface area contributed by atoms with Crippen LogP contribution < -0.4 is 0 Å². The number of para-hydroxylation sites is 2. The summed E-state index contributed by atoms with van der Waals surface area (Å²) < 4.78 is 22.0. The molecule has 0 atom stereocenters. The van der Waals surface area contributed by atoms with E-state index in [2.05, 4.69) is 77.4 Å². The molecule has 3 heterocycles. The smallest absolute Gasteiger partial charge is 0.235 e. The standard InChI is InChI=1S/C38H22FN3OS/c39-44-35-16-8-15-34-36(35)29-22-25(18-20-33(29)43-34)24-17-19-32-28(21-24)26-11-5-7-14-31(26)42(32)38-40-30-13-6-4-12-27(30)37(41-38)23-9-2-1-3-10-23/h1-22H. The van der Waals surface area contributed by atoms with Gasteiger partial charge in [0, 0.05) is 32.5 Å². The Labute approximate surface area is 255 Å². The van der Waals surface area contributed by atoms with Crippen molar-refractivity contribution in [2.45, 2.75) is 4.90 Å². The van der Waals surface area contributed by atoms with Gasteiger partial charge in [-0.3, -0.25) is 4.57 Å². The molecule has 9 aromatic rings. The molecule has 0 fully saturated rings. The number of furan rings is 1. The zero-order valence-corrected chi connectivity index (χ0v) is 24.1. The molecule has 6 heteroatoms. The van der Waals surface area contributed by atoms with E-state index in [4.69, 9.17) is 14.4 Å². The predicted octanol–water partition coefficient (Wildman–Crippen LogP) is 10.9. The molecule has 208 valence electrons. The lowest BCUT2D eigenvalue weighted by molar-refractivity contribution is 0.668. The summed E-state index contributed by atoms with van der Waals surface area (Å²) in [7, 11) is 0. The minimum Gasteiger partial charge on any atom is -0.456 e. The molecule has 0 aliphatic carbocycles. The van der Waals surface area contributed by atoms with E-state index in [9.17, 15) is 3.89 Å². The van der Waals surface area contributed by atoms with Gasteiger partial charge in [-0.15, -0.1) is 0 Å². The number of hydrogen-bond acceptors (Lipinski definition) is 4. The lowest BCUT2D eigenvalue weighted by atomic mass is 10.0. The second kappa shape index (κ2) is 9.79. The largest absolute Gasteiger partial charge is 0.456 e. The van der Waals surface area contributed by atoms with Crippen LogP contribution in [0.2, 0.25) is 0 Å². The van der Waals surface area contributed by atoms with Crippen molar-refractivity contribution < 1.29 is 8.30 Å². The summed E-state index contributed by atoms with van der Waals surface area (Å²) >= 11 is 0.249. The number of halogens is 1. The second-order valence-electron chi connectivity index (χ2n) is 10.9. The number of fused-ring (bicyclic) bond motifs is 7. The molecule has 4 nitrogen and oxygen atoms in total. The number of aromatic nitrogens is 3. The van der Waals surface area contributed by atoms with E-state index in [1.807, 2.05) is 54.6 Å². The molecule has 0 aliphatic rings. The summed E-state index contributed by atoms with van der Waals surface area (Å²) in [5.41, 5.74) is 8.43. The Kier molecular flexibility index (Phi) is 5.58. The van der Waals surface area contributed by atoms with E-state index in [0.717, 1.165) is 71.4 Å². The SMILES string of the molecule is FSc1cccc2oc3ccc(-c4ccc5c(c4)c4ccccc4n5-c4nc(-c5ccccc5)c5ccccc5n4)cc3c12. The van der Waals surface area contributed by atoms with Gasteiger partial charge in [-0.2, -0.15) is 3.89 Å². The zero-order chi connectivity index (χ0) is 29.2. The maximum atomic E-state index is 13.8. The van der Waals surface area contributed by atoms with Crippen molar-refractivity contribution in [1.29, 1.82) is 0 Å². The van der Waals surface area contributed by atoms with Gasteiger partial charge in [-0.1, -0.05) is 84.9 Å². The van der Waals surface area contributed by atoms with Crippen LogP contribution in [0.25, 0.3) is 83.0 Å². The average molecular weight is 588 g/mol. The fourth-order valence-electron chi connectivity index (χ4n) is 6.39. The van der Waals surface area contributed by atoms with Gasteiger partial charge in [-0.25, -0.2) is 9.97 Å². The van der Waals surface area contributed by atoms with E-state index in [0.29, 0.717) is 16.4 Å². The molecule has 0 unspecified atom stereocenters. The first-order valence-electron chi connectivity index (χ1n) is 14.4. The van der Waals surface area contributed by atoms with E-state index in [1.165, 1.54) is 0 Å². The van der Waals surface area contributed by atoms with E-state index >= 15 is 0 Å². The summed E-state index contributed by atoms with van der Waals surface area (Å²) in [6.07, 6.45) is 0. The van der Waals surface area contributed by atoms with E-state index in [1.54, 1.807) is 6.07 Å². The van der Waals surface area contributed by atoms with E-state index < -0.39 is 0 Å². The van der Waals surface area contributed by atoms with Crippen molar-refractivity contribution in [1.82, 2.24) is 14.5 Å². The maximum Gasteiger partial charge on any atom is 0.235 e. The van der Waals surface area contributed by atoms with Gasteiger partial charge >= 0.3 is 0 Å². The van der Waals surface area contributed by atoms with Crippen LogP contribution in [0.5, 0.6) is 0 Å². The fraction of sp³-hybridized carbons (Fsp3) is 0. The highest BCUT2D eigenvalue weighted by atomic mass is 32.2. The lowest BCUT2D eigenvalue weighted by Gasteiger charge is -2.12. The van der Waals surface area contributed by atoms with Crippen molar-refractivity contribution in [3.8, 4) is 28.3 Å². The summed E-state index contributed by atoms with van der Waals surface area (Å²) in [6.45, 7) is 0. The molecule has 0 saturated carbocycles. The number of hydrogen-bond donors (Lipinski definition) is 0. The summed E-state index contributed by atoms with van der Waals surface area (Å²) in [4.78, 5) is 10.8. The van der Waals surface area contributed by atoms with Crippen LogP contribution in [0, 0.1) is 0 Å². The van der Waals surface area contributed by atoms with Gasteiger partial charge in [-0.05, 0) is 59.7 Å². The molecular weight excluding hydrogens is 566 g/mol. The third-order valence-electron chi connectivity index (χ3n) is 8.38. The molecular formula is C38H22FN3OS. The minimum absolute atomic E-state index is 0.249. The average Bonchev–Trinajstić information content (AvgIpc) is 3.63. The highest BCUT2D eigenvalue weighted by Gasteiger charge is 2.18. The van der Waals surface area contributed by atoms with Crippen LogP contribution in [0.3, 0.4) is 0 Å². The Morgan fingerprint density at radius 1 is 0.545 bits per heavy atom. The first kappa shape index (κ1) is 25.1. The number of rotatable bonds is 4. The number of nitrogens with zero attached hydrogens (tertiary/aromatic N) is 3. The molecule has 0 bridgehead atoms. The second-order valence-corrected chi connectivity index (χ2v) is 11.5. The van der Waals surface area contributed by atoms with E-state index in [-0.39, 0.29) is 12.1 Å². The molecule has 0 amide bonds. The molecule has 0 N–H and O–H groups in total. The molecule has 0 radical (unpaired) electrons. The lowest BCUT2D eigenvalue weighted by Crippen LogP contribution is -2.03. The number of benzene rings is 6. The molecule has 3 aromatic heterocycles. The van der Waals surface area contributed by atoms with Gasteiger partial charge < -0.3 is 4.42 Å². The predicted molar refractivity (Wildman–Crippen MR) is 179 cm³/mol. The zero-order valence-electron chi connectivity index (χ0n) is 23.2. The molecule has 44 heavy (non-hydrogen) atoms. The molecule has 0 aliphatic heterocycles. The summed E-state index contributed by atoms with van der Waals surface area (Å²) in [5, 5.41) is 4.94. The quantitative estimate of drug-likeness (QED) is 0.205. The fourth-order valence-corrected chi connectivity index (χ4v) is 6.80. The van der Waals surface area contributed by atoms with Crippen LogP contribution in [0.4, 0.5) is 3.89 Å². The Hall–Kier alpha value is -5.46. The van der Waals surface area contributed by atoms with Gasteiger partial charge in [0.15, 0.2) is 0 Å². The molecule has 6 aromatic carbocycles. The van der Waals surface area contributed by atoms with Crippen LogP contribution in [-0.2, 0) is 0 Å². The Morgan fingerprint density at radius 2 is 1.27 bits per heavy atom. The topological polar surface area (TPSA) is 43.9 Å². The van der Waals surface area contributed by atoms with Crippen LogP contribution in [0.15, 0.2) is 143 Å². The normalized spacial score (nSPS) is 11.8. The highest BCUT2D eigenvalue weighted by molar-refractivity contribution is 7.94. The van der Waals surface area contributed by atoms with Crippen LogP contribution in [-0.4, -0.2) is 14.5 Å². The van der Waals surface area contributed by atoms with Gasteiger partial charge in [0.2, 0.25) is 5.95 Å². The first-order valence-corrected chi connectivity index (χ1v) is 15.1. The van der Waals surface area contributed by atoms with Gasteiger partial charge in [0.05, 0.1) is 39.3 Å². The van der Waals surface area contributed by atoms with Crippen LogP contribution >= 0.6 is 12.1 Å². The highest BCUT2D eigenvalue weighted by Crippen LogP contribution is 2.40. The third-order valence-corrected chi connectivity index (χ3v) is 8.89. The summed E-state index contributed by atoms with van der Waals surface area (Å²) in [6, 6.07) is 44.9. The molecule has 0 saturated heterocycles. The van der Waals surface area contributed by atoms with Crippen LogP contribution in [0.1, 0.15) is 0 Å². The van der Waals surface area contributed by atoms with Crippen molar-refractivity contribution in [3.05, 3.63) is 133 Å². The molecule has 9 rings (SSSR count).